The fraction of sp³-hybridized carbons (Fsp3) is 0.500. The second-order valence-electron chi connectivity index (χ2n) is 4.97. The summed E-state index contributed by atoms with van der Waals surface area (Å²) in [6.07, 6.45) is 1.42. The number of amides is 2. The summed E-state index contributed by atoms with van der Waals surface area (Å²) in [7, 11) is 0. The summed E-state index contributed by atoms with van der Waals surface area (Å²) in [5.41, 5.74) is 1.97. The van der Waals surface area contributed by atoms with Crippen molar-refractivity contribution in [3.63, 3.8) is 0 Å². The SMILES string of the molecule is Cc1cc(C)c(C(=O)NOCCN2CCCC2=O)c(=O)o1. The lowest BCUT2D eigenvalue weighted by Crippen LogP contribution is -2.34. The van der Waals surface area contributed by atoms with Crippen LogP contribution in [-0.2, 0) is 9.63 Å². The molecule has 0 bridgehead atoms. The molecule has 0 radical (unpaired) electrons. The summed E-state index contributed by atoms with van der Waals surface area (Å²) in [5.74, 6) is -0.100. The lowest BCUT2D eigenvalue weighted by molar-refractivity contribution is -0.128. The number of hydrogen-bond acceptors (Lipinski definition) is 5. The van der Waals surface area contributed by atoms with Crippen LogP contribution in [0.4, 0.5) is 0 Å². The van der Waals surface area contributed by atoms with Crippen molar-refractivity contribution in [2.24, 2.45) is 0 Å². The number of rotatable bonds is 5. The maximum Gasteiger partial charge on any atom is 0.349 e. The third-order valence-corrected chi connectivity index (χ3v) is 3.30. The van der Waals surface area contributed by atoms with E-state index in [0.29, 0.717) is 24.3 Å². The van der Waals surface area contributed by atoms with Crippen LogP contribution in [0.2, 0.25) is 0 Å². The summed E-state index contributed by atoms with van der Waals surface area (Å²) in [4.78, 5) is 41.6. The first-order valence-corrected chi connectivity index (χ1v) is 6.80. The van der Waals surface area contributed by atoms with E-state index in [1.807, 2.05) is 0 Å². The van der Waals surface area contributed by atoms with E-state index in [2.05, 4.69) is 5.48 Å². The van der Waals surface area contributed by atoms with Gasteiger partial charge in [-0.3, -0.25) is 14.4 Å². The zero-order chi connectivity index (χ0) is 15.4. The van der Waals surface area contributed by atoms with E-state index >= 15 is 0 Å². The molecule has 2 amide bonds. The van der Waals surface area contributed by atoms with Crippen LogP contribution in [0, 0.1) is 13.8 Å². The van der Waals surface area contributed by atoms with Crippen LogP contribution in [0.5, 0.6) is 0 Å². The third kappa shape index (κ3) is 3.69. The minimum Gasteiger partial charge on any atom is -0.428 e. The Balaban J connectivity index is 1.85. The monoisotopic (exact) mass is 294 g/mol. The Bertz CT molecular complexity index is 608. The maximum absolute atomic E-state index is 11.9. The van der Waals surface area contributed by atoms with Crippen molar-refractivity contribution in [1.82, 2.24) is 10.4 Å². The first kappa shape index (κ1) is 15.2. The molecule has 1 aromatic rings. The van der Waals surface area contributed by atoms with Crippen LogP contribution >= 0.6 is 0 Å². The summed E-state index contributed by atoms with van der Waals surface area (Å²) in [6, 6.07) is 1.61. The minimum absolute atomic E-state index is 0.0714. The van der Waals surface area contributed by atoms with Crippen LogP contribution in [0.25, 0.3) is 0 Å². The van der Waals surface area contributed by atoms with E-state index in [4.69, 9.17) is 9.25 Å². The highest BCUT2D eigenvalue weighted by molar-refractivity contribution is 5.94. The van der Waals surface area contributed by atoms with E-state index in [0.717, 1.165) is 13.0 Å². The Morgan fingerprint density at radius 2 is 2.19 bits per heavy atom. The Morgan fingerprint density at radius 3 is 2.81 bits per heavy atom. The largest absolute Gasteiger partial charge is 0.428 e. The number of carbonyl (C=O) groups excluding carboxylic acids is 2. The standard InChI is InChI=1S/C14H18N2O5/c1-9-8-10(2)21-14(19)12(9)13(18)15-20-7-6-16-5-3-4-11(16)17/h8H,3-7H2,1-2H3,(H,15,18). The van der Waals surface area contributed by atoms with Gasteiger partial charge in [0, 0.05) is 19.5 Å². The van der Waals surface area contributed by atoms with E-state index in [9.17, 15) is 14.4 Å². The second-order valence-corrected chi connectivity index (χ2v) is 4.97. The number of carbonyl (C=O) groups is 2. The molecule has 1 aromatic heterocycles. The molecule has 114 valence electrons. The molecule has 0 spiro atoms. The fourth-order valence-corrected chi connectivity index (χ4v) is 2.30. The Hall–Kier alpha value is -2.15. The maximum atomic E-state index is 11.9. The molecule has 7 heteroatoms. The molecular weight excluding hydrogens is 276 g/mol. The van der Waals surface area contributed by atoms with Gasteiger partial charge in [-0.25, -0.2) is 10.3 Å². The average Bonchev–Trinajstić information content (AvgIpc) is 2.79. The minimum atomic E-state index is -0.691. The van der Waals surface area contributed by atoms with Gasteiger partial charge < -0.3 is 9.32 Å². The third-order valence-electron chi connectivity index (χ3n) is 3.30. The van der Waals surface area contributed by atoms with Crippen molar-refractivity contribution in [2.75, 3.05) is 19.7 Å². The van der Waals surface area contributed by atoms with E-state index in [1.54, 1.807) is 24.8 Å². The van der Waals surface area contributed by atoms with Crippen molar-refractivity contribution in [2.45, 2.75) is 26.7 Å². The molecular formula is C14H18N2O5. The zero-order valence-electron chi connectivity index (χ0n) is 12.1. The highest BCUT2D eigenvalue weighted by atomic mass is 16.7. The van der Waals surface area contributed by atoms with Gasteiger partial charge in [-0.1, -0.05) is 0 Å². The van der Waals surface area contributed by atoms with Crippen molar-refractivity contribution in [3.05, 3.63) is 33.4 Å². The molecule has 0 aliphatic carbocycles. The van der Waals surface area contributed by atoms with Gasteiger partial charge in [-0.05, 0) is 31.9 Å². The smallest absolute Gasteiger partial charge is 0.349 e. The van der Waals surface area contributed by atoms with E-state index in [1.165, 1.54) is 0 Å². The predicted molar refractivity (Wildman–Crippen MR) is 73.7 cm³/mol. The number of hydrogen-bond donors (Lipinski definition) is 1. The molecule has 1 N–H and O–H groups in total. The van der Waals surface area contributed by atoms with Gasteiger partial charge in [-0.15, -0.1) is 0 Å². The quantitative estimate of drug-likeness (QED) is 0.632. The van der Waals surface area contributed by atoms with Gasteiger partial charge in [0.25, 0.3) is 5.91 Å². The number of aryl methyl sites for hydroxylation is 2. The highest BCUT2D eigenvalue weighted by Crippen LogP contribution is 2.08. The molecule has 0 unspecified atom stereocenters. The summed E-state index contributed by atoms with van der Waals surface area (Å²) < 4.78 is 4.89. The Kier molecular flexibility index (Phi) is 4.74. The van der Waals surface area contributed by atoms with Crippen LogP contribution in [0.3, 0.4) is 0 Å². The highest BCUT2D eigenvalue weighted by Gasteiger charge is 2.20. The van der Waals surface area contributed by atoms with Gasteiger partial charge in [0.15, 0.2) is 0 Å². The first-order valence-electron chi connectivity index (χ1n) is 6.80. The van der Waals surface area contributed by atoms with Crippen molar-refractivity contribution < 1.29 is 18.8 Å². The molecule has 1 saturated heterocycles. The molecule has 2 heterocycles. The number of likely N-dealkylation sites (tertiary alicyclic amines) is 1. The molecule has 7 nitrogen and oxygen atoms in total. The molecule has 2 rings (SSSR count). The molecule has 21 heavy (non-hydrogen) atoms. The van der Waals surface area contributed by atoms with Gasteiger partial charge in [0.05, 0.1) is 6.61 Å². The van der Waals surface area contributed by atoms with Crippen molar-refractivity contribution >= 4 is 11.8 Å². The van der Waals surface area contributed by atoms with Crippen molar-refractivity contribution in [3.8, 4) is 0 Å². The van der Waals surface area contributed by atoms with Gasteiger partial charge >= 0.3 is 5.63 Å². The second kappa shape index (κ2) is 6.53. The average molecular weight is 294 g/mol. The molecule has 0 atom stereocenters. The van der Waals surface area contributed by atoms with Crippen LogP contribution < -0.4 is 11.1 Å². The normalized spacial score (nSPS) is 14.6. The predicted octanol–water partition coefficient (Wildman–Crippen LogP) is 0.540. The summed E-state index contributed by atoms with van der Waals surface area (Å²) >= 11 is 0. The van der Waals surface area contributed by atoms with Gasteiger partial charge in [-0.2, -0.15) is 0 Å². The number of nitrogens with one attached hydrogen (secondary N) is 1. The molecule has 1 aliphatic heterocycles. The lowest BCUT2D eigenvalue weighted by atomic mass is 10.1. The fourth-order valence-electron chi connectivity index (χ4n) is 2.30. The first-order chi connectivity index (χ1) is 9.99. The zero-order valence-corrected chi connectivity index (χ0v) is 12.1. The summed E-state index contributed by atoms with van der Waals surface area (Å²) in [5, 5.41) is 0. The van der Waals surface area contributed by atoms with Gasteiger partial charge in [0.2, 0.25) is 5.91 Å². The van der Waals surface area contributed by atoms with Crippen LogP contribution in [0.1, 0.15) is 34.5 Å². The van der Waals surface area contributed by atoms with Crippen LogP contribution in [0.15, 0.2) is 15.3 Å². The van der Waals surface area contributed by atoms with Gasteiger partial charge in [0.1, 0.15) is 11.3 Å². The molecule has 1 fully saturated rings. The molecule has 0 aromatic carbocycles. The molecule has 0 saturated carbocycles. The topological polar surface area (TPSA) is 88.9 Å². The molecule has 1 aliphatic rings. The van der Waals surface area contributed by atoms with E-state index in [-0.39, 0.29) is 18.1 Å². The lowest BCUT2D eigenvalue weighted by Gasteiger charge is -2.15. The number of hydroxylamine groups is 1. The Labute approximate surface area is 121 Å². The van der Waals surface area contributed by atoms with E-state index < -0.39 is 11.5 Å². The summed E-state index contributed by atoms with van der Waals surface area (Å²) in [6.45, 7) is 4.60. The van der Waals surface area contributed by atoms with Crippen molar-refractivity contribution in [1.29, 1.82) is 0 Å². The Morgan fingerprint density at radius 1 is 1.43 bits per heavy atom. The number of nitrogens with zero attached hydrogens (tertiary/aromatic N) is 1. The van der Waals surface area contributed by atoms with Crippen LogP contribution in [-0.4, -0.2) is 36.4 Å².